The van der Waals surface area contributed by atoms with Gasteiger partial charge >= 0.3 is 0 Å². The summed E-state index contributed by atoms with van der Waals surface area (Å²) in [5, 5.41) is 9.51. The summed E-state index contributed by atoms with van der Waals surface area (Å²) in [7, 11) is -3.57. The predicted molar refractivity (Wildman–Crippen MR) is 124 cm³/mol. The lowest BCUT2D eigenvalue weighted by molar-refractivity contribution is 0.0926. The minimum absolute atomic E-state index is 0.0284. The van der Waals surface area contributed by atoms with E-state index in [4.69, 9.17) is 5.73 Å². The van der Waals surface area contributed by atoms with Gasteiger partial charge in [0.25, 0.3) is 5.91 Å². The van der Waals surface area contributed by atoms with Crippen molar-refractivity contribution in [3.8, 4) is 11.3 Å². The van der Waals surface area contributed by atoms with Crippen molar-refractivity contribution in [2.45, 2.75) is 30.3 Å². The van der Waals surface area contributed by atoms with Gasteiger partial charge < -0.3 is 16.4 Å². The maximum atomic E-state index is 12.7. The van der Waals surface area contributed by atoms with Crippen LogP contribution in [-0.2, 0) is 16.6 Å². The zero-order valence-electron chi connectivity index (χ0n) is 17.2. The summed E-state index contributed by atoms with van der Waals surface area (Å²) in [5.41, 5.74) is 7.94. The summed E-state index contributed by atoms with van der Waals surface area (Å²) in [4.78, 5) is 21.5. The number of carbonyl (C=O) groups is 1. The van der Waals surface area contributed by atoms with Crippen molar-refractivity contribution in [3.05, 3.63) is 58.5 Å². The molecular formula is C21H24N6O3S2. The molecule has 3 aromatic rings. The fraction of sp³-hybridized carbons (Fsp3) is 0.286. The first-order valence-electron chi connectivity index (χ1n) is 10.2. The number of nitrogens with zero attached hydrogens (tertiary/aromatic N) is 2. The van der Waals surface area contributed by atoms with Crippen molar-refractivity contribution in [2.75, 3.05) is 18.8 Å². The second kappa shape index (κ2) is 9.74. The van der Waals surface area contributed by atoms with Gasteiger partial charge in [0.05, 0.1) is 16.8 Å². The minimum Gasteiger partial charge on any atom is -0.382 e. The first-order valence-corrected chi connectivity index (χ1v) is 12.6. The van der Waals surface area contributed by atoms with Gasteiger partial charge in [0.15, 0.2) is 11.5 Å². The number of nitrogen functional groups attached to an aromatic ring is 1. The molecule has 0 radical (unpaired) electrons. The Morgan fingerprint density at radius 1 is 1.31 bits per heavy atom. The van der Waals surface area contributed by atoms with Crippen molar-refractivity contribution in [2.24, 2.45) is 0 Å². The van der Waals surface area contributed by atoms with E-state index < -0.39 is 10.0 Å². The quantitative estimate of drug-likeness (QED) is 0.411. The van der Waals surface area contributed by atoms with Crippen LogP contribution in [0.2, 0.25) is 0 Å². The van der Waals surface area contributed by atoms with Gasteiger partial charge in [-0.2, -0.15) is 11.3 Å². The lowest BCUT2D eigenvalue weighted by Crippen LogP contribution is -2.46. The molecule has 9 nitrogen and oxygen atoms in total. The van der Waals surface area contributed by atoms with E-state index >= 15 is 0 Å². The normalized spacial score (nSPS) is 16.6. The number of thiophene rings is 1. The lowest BCUT2D eigenvalue weighted by Gasteiger charge is -2.23. The number of piperidine rings is 1. The van der Waals surface area contributed by atoms with Crippen LogP contribution in [0.5, 0.6) is 0 Å². The Morgan fingerprint density at radius 2 is 2.19 bits per heavy atom. The van der Waals surface area contributed by atoms with Crippen molar-refractivity contribution in [1.82, 2.24) is 25.3 Å². The molecule has 1 aliphatic rings. The van der Waals surface area contributed by atoms with E-state index in [9.17, 15) is 13.2 Å². The van der Waals surface area contributed by atoms with E-state index in [1.54, 1.807) is 22.9 Å². The van der Waals surface area contributed by atoms with Gasteiger partial charge in [-0.1, -0.05) is 18.2 Å². The summed E-state index contributed by atoms with van der Waals surface area (Å²) in [6.07, 6.45) is 3.40. The van der Waals surface area contributed by atoms with E-state index in [1.807, 2.05) is 18.2 Å². The Morgan fingerprint density at radius 3 is 2.94 bits per heavy atom. The molecule has 1 atom stereocenters. The highest BCUT2D eigenvalue weighted by atomic mass is 32.2. The average Bonchev–Trinajstić information content (AvgIpc) is 3.35. The fourth-order valence-electron chi connectivity index (χ4n) is 3.44. The number of hydrogen-bond acceptors (Lipinski definition) is 8. The van der Waals surface area contributed by atoms with Crippen LogP contribution in [0.25, 0.3) is 11.3 Å². The van der Waals surface area contributed by atoms with Gasteiger partial charge in [-0.25, -0.2) is 23.1 Å². The van der Waals surface area contributed by atoms with Crippen molar-refractivity contribution < 1.29 is 13.2 Å². The molecule has 1 aromatic carbocycles. The van der Waals surface area contributed by atoms with Crippen LogP contribution in [-0.4, -0.2) is 43.4 Å². The maximum Gasteiger partial charge on any atom is 0.274 e. The third-order valence-electron chi connectivity index (χ3n) is 5.14. The Bertz CT molecular complexity index is 1190. The Labute approximate surface area is 190 Å². The van der Waals surface area contributed by atoms with Gasteiger partial charge in [-0.3, -0.25) is 4.79 Å². The van der Waals surface area contributed by atoms with Gasteiger partial charge in [0.1, 0.15) is 0 Å². The molecule has 2 aromatic heterocycles. The highest BCUT2D eigenvalue weighted by Gasteiger charge is 2.20. The molecule has 0 saturated carbocycles. The molecule has 0 spiro atoms. The molecule has 0 aliphatic carbocycles. The molecule has 1 fully saturated rings. The maximum absolute atomic E-state index is 12.7. The monoisotopic (exact) mass is 472 g/mol. The van der Waals surface area contributed by atoms with Gasteiger partial charge in [0, 0.05) is 30.1 Å². The van der Waals surface area contributed by atoms with Crippen LogP contribution in [0.3, 0.4) is 0 Å². The van der Waals surface area contributed by atoms with Crippen molar-refractivity contribution in [1.29, 1.82) is 0 Å². The smallest absolute Gasteiger partial charge is 0.274 e. The zero-order valence-corrected chi connectivity index (χ0v) is 18.9. The summed E-state index contributed by atoms with van der Waals surface area (Å²) in [5.74, 6) is -0.292. The number of benzene rings is 1. The lowest BCUT2D eigenvalue weighted by atomic mass is 10.1. The molecule has 1 saturated heterocycles. The Balaban J connectivity index is 1.50. The van der Waals surface area contributed by atoms with Gasteiger partial charge in [0.2, 0.25) is 10.0 Å². The molecule has 0 bridgehead atoms. The molecule has 11 heteroatoms. The minimum atomic E-state index is -3.57. The Kier molecular flexibility index (Phi) is 6.80. The first-order chi connectivity index (χ1) is 15.4. The van der Waals surface area contributed by atoms with Crippen LogP contribution >= 0.6 is 11.3 Å². The topological polar surface area (TPSA) is 139 Å². The van der Waals surface area contributed by atoms with Crippen molar-refractivity contribution in [3.63, 3.8) is 0 Å². The van der Waals surface area contributed by atoms with E-state index in [0.717, 1.165) is 24.9 Å². The van der Waals surface area contributed by atoms with Crippen LogP contribution in [0.1, 0.15) is 28.9 Å². The standard InChI is InChI=1S/C21H24N6O3S2/c22-20-19(21(28)26-16-5-2-7-23-11-16)27-18(12-24-20)15-4-1-3-14(9-15)10-25-32(29,30)17-6-8-31-13-17/h1,3-4,6,8-9,12-13,16,23,25H,2,5,7,10-11H2,(H2,22,24)(H,26,28)/t16-/m0/s1. The number of amides is 1. The number of carbonyl (C=O) groups excluding carboxylic acids is 1. The second-order valence-corrected chi connectivity index (χ2v) is 10.0. The van der Waals surface area contributed by atoms with Crippen LogP contribution in [0.4, 0.5) is 5.82 Å². The second-order valence-electron chi connectivity index (χ2n) is 7.49. The van der Waals surface area contributed by atoms with Gasteiger partial charge in [-0.15, -0.1) is 0 Å². The number of anilines is 1. The average molecular weight is 473 g/mol. The van der Waals surface area contributed by atoms with Crippen LogP contribution in [0.15, 0.2) is 52.2 Å². The van der Waals surface area contributed by atoms with E-state index in [-0.39, 0.29) is 34.9 Å². The third kappa shape index (κ3) is 5.30. The molecule has 3 heterocycles. The third-order valence-corrected chi connectivity index (χ3v) is 7.37. The molecule has 1 amide bonds. The largest absolute Gasteiger partial charge is 0.382 e. The highest BCUT2D eigenvalue weighted by Crippen LogP contribution is 2.21. The number of aromatic nitrogens is 2. The van der Waals surface area contributed by atoms with Crippen LogP contribution < -0.4 is 21.1 Å². The molecule has 32 heavy (non-hydrogen) atoms. The van der Waals surface area contributed by atoms with Gasteiger partial charge in [-0.05, 0) is 42.5 Å². The number of nitrogens with two attached hydrogens (primary N) is 1. The number of rotatable bonds is 7. The predicted octanol–water partition coefficient (Wildman–Crippen LogP) is 1.75. The summed E-state index contributed by atoms with van der Waals surface area (Å²) in [6, 6.07) is 8.83. The number of nitrogens with one attached hydrogen (secondary N) is 3. The Hall–Kier alpha value is -2.86. The summed E-state index contributed by atoms with van der Waals surface area (Å²) < 4.78 is 27.3. The summed E-state index contributed by atoms with van der Waals surface area (Å²) >= 11 is 1.32. The van der Waals surface area contributed by atoms with Crippen LogP contribution in [0, 0.1) is 0 Å². The summed E-state index contributed by atoms with van der Waals surface area (Å²) in [6.45, 7) is 1.78. The van der Waals surface area contributed by atoms with Crippen molar-refractivity contribution >= 4 is 33.1 Å². The molecular weight excluding hydrogens is 448 g/mol. The number of hydrogen-bond donors (Lipinski definition) is 4. The number of sulfonamides is 1. The molecule has 168 valence electrons. The van der Waals surface area contributed by atoms with E-state index in [2.05, 4.69) is 25.3 Å². The highest BCUT2D eigenvalue weighted by molar-refractivity contribution is 7.89. The molecule has 4 rings (SSSR count). The first kappa shape index (κ1) is 22.3. The SMILES string of the molecule is Nc1ncc(-c2cccc(CNS(=O)(=O)c3ccsc3)c2)nc1C(=O)N[C@H]1CCCNC1. The zero-order chi connectivity index (χ0) is 22.6. The molecule has 1 aliphatic heterocycles. The fourth-order valence-corrected chi connectivity index (χ4v) is 5.49. The van der Waals surface area contributed by atoms with E-state index in [0.29, 0.717) is 17.8 Å². The van der Waals surface area contributed by atoms with E-state index in [1.165, 1.54) is 17.5 Å². The molecule has 5 N–H and O–H groups in total. The molecule has 0 unspecified atom stereocenters.